The molecule has 0 aromatic carbocycles. The number of hydrogen-bond donors (Lipinski definition) is 3. The molecule has 0 aliphatic heterocycles. The summed E-state index contributed by atoms with van der Waals surface area (Å²) in [5.74, 6) is 0. The van der Waals surface area contributed by atoms with Crippen LogP contribution in [0.2, 0.25) is 0 Å². The summed E-state index contributed by atoms with van der Waals surface area (Å²) < 4.78 is 4.62. The largest absolute Gasteiger partial charge is 0.435 e. The summed E-state index contributed by atoms with van der Waals surface area (Å²) in [7, 11) is -0.379. The highest BCUT2D eigenvalue weighted by molar-refractivity contribution is 6.15. The third-order valence-corrected chi connectivity index (χ3v) is 1.31. The average molecular weight is 148 g/mol. The van der Waals surface area contributed by atoms with E-state index in [2.05, 4.69) is 4.65 Å². The lowest BCUT2D eigenvalue weighted by molar-refractivity contribution is 0.0255. The molecular weight excluding hydrogens is 135 g/mol. The van der Waals surface area contributed by atoms with Crippen LogP contribution >= 0.6 is 0 Å². The minimum Gasteiger partial charge on any atom is -0.430 e. The van der Waals surface area contributed by atoms with Crippen molar-refractivity contribution >= 4 is 7.69 Å². The van der Waals surface area contributed by atoms with Crippen molar-refractivity contribution in [3.05, 3.63) is 0 Å². The standard InChI is InChI=1S/C5H13BO4/c1-5(2-7,3-8)4-10-6-9/h6-9H,2-4H2,1H3. The van der Waals surface area contributed by atoms with Crippen LogP contribution in [0.25, 0.3) is 0 Å². The van der Waals surface area contributed by atoms with Gasteiger partial charge >= 0.3 is 7.69 Å². The minimum absolute atomic E-state index is 0.149. The third-order valence-electron chi connectivity index (χ3n) is 1.31. The molecule has 0 spiro atoms. The summed E-state index contributed by atoms with van der Waals surface area (Å²) in [6.45, 7) is 1.53. The maximum Gasteiger partial charge on any atom is 0.435 e. The molecule has 0 aliphatic rings. The molecule has 3 N–H and O–H groups in total. The maximum absolute atomic E-state index is 8.69. The molecule has 0 heterocycles. The van der Waals surface area contributed by atoms with Gasteiger partial charge in [0, 0.05) is 12.0 Å². The summed E-state index contributed by atoms with van der Waals surface area (Å²) in [5.41, 5.74) is -0.636. The van der Waals surface area contributed by atoms with Crippen LogP contribution in [-0.2, 0) is 4.65 Å². The molecule has 0 saturated carbocycles. The molecule has 5 heteroatoms. The third kappa shape index (κ3) is 3.17. The van der Waals surface area contributed by atoms with E-state index in [4.69, 9.17) is 15.2 Å². The van der Waals surface area contributed by atoms with Crippen LogP contribution in [0.1, 0.15) is 6.92 Å². The summed E-state index contributed by atoms with van der Waals surface area (Å²) in [6.07, 6.45) is 0. The Kier molecular flexibility index (Phi) is 4.63. The summed E-state index contributed by atoms with van der Waals surface area (Å²) >= 11 is 0. The Morgan fingerprint density at radius 2 is 1.90 bits per heavy atom. The van der Waals surface area contributed by atoms with Crippen LogP contribution in [0.3, 0.4) is 0 Å². The smallest absolute Gasteiger partial charge is 0.430 e. The first kappa shape index (κ1) is 9.90. The highest BCUT2D eigenvalue weighted by Gasteiger charge is 2.22. The molecule has 0 atom stereocenters. The maximum atomic E-state index is 8.69. The minimum atomic E-state index is -0.636. The van der Waals surface area contributed by atoms with Gasteiger partial charge in [0.05, 0.1) is 13.2 Å². The molecule has 0 aromatic heterocycles. The van der Waals surface area contributed by atoms with Gasteiger partial charge in [-0.05, 0) is 0 Å². The molecule has 0 amide bonds. The molecule has 10 heavy (non-hydrogen) atoms. The molecule has 0 saturated heterocycles. The van der Waals surface area contributed by atoms with Gasteiger partial charge in [0.2, 0.25) is 0 Å². The van der Waals surface area contributed by atoms with Gasteiger partial charge in [-0.25, -0.2) is 0 Å². The average Bonchev–Trinajstić information content (AvgIpc) is 2.00. The summed E-state index contributed by atoms with van der Waals surface area (Å²) in [4.78, 5) is 0. The fourth-order valence-electron chi connectivity index (χ4n) is 0.433. The Morgan fingerprint density at radius 1 is 1.40 bits per heavy atom. The van der Waals surface area contributed by atoms with E-state index in [9.17, 15) is 0 Å². The molecule has 0 radical (unpaired) electrons. The van der Waals surface area contributed by atoms with Crippen molar-refractivity contribution in [2.75, 3.05) is 19.8 Å². The van der Waals surface area contributed by atoms with Gasteiger partial charge < -0.3 is 19.9 Å². The van der Waals surface area contributed by atoms with Crippen LogP contribution in [-0.4, -0.2) is 42.7 Å². The SMILES string of the molecule is CC(CO)(CO)COBO. The second-order valence-electron chi connectivity index (χ2n) is 2.60. The fraction of sp³-hybridized carbons (Fsp3) is 1.00. The second-order valence-corrected chi connectivity index (χ2v) is 2.60. The monoisotopic (exact) mass is 148 g/mol. The van der Waals surface area contributed by atoms with E-state index in [1.54, 1.807) is 6.92 Å². The number of hydrogen-bond acceptors (Lipinski definition) is 4. The number of aliphatic hydroxyl groups excluding tert-OH is 2. The normalized spacial score (nSPS) is 11.6. The van der Waals surface area contributed by atoms with E-state index in [1.165, 1.54) is 0 Å². The van der Waals surface area contributed by atoms with Gasteiger partial charge in [-0.1, -0.05) is 6.92 Å². The van der Waals surface area contributed by atoms with Crippen molar-refractivity contribution < 1.29 is 19.9 Å². The van der Waals surface area contributed by atoms with Crippen molar-refractivity contribution in [3.8, 4) is 0 Å². The van der Waals surface area contributed by atoms with Crippen LogP contribution in [0, 0.1) is 5.41 Å². The van der Waals surface area contributed by atoms with Crippen LogP contribution in [0.4, 0.5) is 0 Å². The molecular formula is C5H13BO4. The van der Waals surface area contributed by atoms with E-state index in [-0.39, 0.29) is 27.5 Å². The lowest BCUT2D eigenvalue weighted by Crippen LogP contribution is -2.32. The van der Waals surface area contributed by atoms with Gasteiger partial charge in [-0.3, -0.25) is 0 Å². The van der Waals surface area contributed by atoms with Gasteiger partial charge in [-0.2, -0.15) is 0 Å². The van der Waals surface area contributed by atoms with Crippen molar-refractivity contribution in [1.29, 1.82) is 0 Å². The van der Waals surface area contributed by atoms with Gasteiger partial charge in [0.15, 0.2) is 0 Å². The predicted octanol–water partition coefficient (Wildman–Crippen LogP) is -1.75. The zero-order valence-corrected chi connectivity index (χ0v) is 6.08. The van der Waals surface area contributed by atoms with Crippen LogP contribution in [0.15, 0.2) is 0 Å². The summed E-state index contributed by atoms with van der Waals surface area (Å²) in [6, 6.07) is 0. The van der Waals surface area contributed by atoms with Gasteiger partial charge in [0.25, 0.3) is 0 Å². The van der Waals surface area contributed by atoms with Gasteiger partial charge in [0.1, 0.15) is 0 Å². The van der Waals surface area contributed by atoms with E-state index in [1.807, 2.05) is 0 Å². The van der Waals surface area contributed by atoms with Crippen molar-refractivity contribution in [3.63, 3.8) is 0 Å². The van der Waals surface area contributed by atoms with Crippen LogP contribution in [0.5, 0.6) is 0 Å². The lowest BCUT2D eigenvalue weighted by atomic mass is 9.94. The van der Waals surface area contributed by atoms with Crippen molar-refractivity contribution in [2.45, 2.75) is 6.92 Å². The first-order chi connectivity index (χ1) is 4.68. The Labute approximate surface area is 60.8 Å². The Bertz CT molecular complexity index is 83.7. The summed E-state index contributed by atoms with van der Waals surface area (Å²) in [5, 5.41) is 25.6. The Balaban J connectivity index is 3.58. The van der Waals surface area contributed by atoms with E-state index in [0.717, 1.165) is 0 Å². The molecule has 0 fully saturated rings. The van der Waals surface area contributed by atoms with E-state index >= 15 is 0 Å². The Morgan fingerprint density at radius 3 is 2.20 bits per heavy atom. The predicted molar refractivity (Wildman–Crippen MR) is 37.6 cm³/mol. The van der Waals surface area contributed by atoms with Crippen molar-refractivity contribution in [1.82, 2.24) is 0 Å². The fourth-order valence-corrected chi connectivity index (χ4v) is 0.433. The first-order valence-electron chi connectivity index (χ1n) is 3.09. The molecule has 0 bridgehead atoms. The highest BCUT2D eigenvalue weighted by atomic mass is 16.5. The van der Waals surface area contributed by atoms with E-state index in [0.29, 0.717) is 0 Å². The number of rotatable bonds is 5. The first-order valence-corrected chi connectivity index (χ1v) is 3.09. The molecule has 60 valence electrons. The molecule has 0 rings (SSSR count). The van der Waals surface area contributed by atoms with Crippen molar-refractivity contribution in [2.24, 2.45) is 5.41 Å². The Hall–Kier alpha value is -0.0951. The topological polar surface area (TPSA) is 69.9 Å². The molecule has 0 unspecified atom stereocenters. The van der Waals surface area contributed by atoms with E-state index < -0.39 is 5.41 Å². The second kappa shape index (κ2) is 4.68. The highest BCUT2D eigenvalue weighted by Crippen LogP contribution is 2.13. The van der Waals surface area contributed by atoms with Gasteiger partial charge in [-0.15, -0.1) is 0 Å². The zero-order chi connectivity index (χ0) is 8.04. The lowest BCUT2D eigenvalue weighted by Gasteiger charge is -2.23. The molecule has 0 aromatic rings. The van der Waals surface area contributed by atoms with Crippen LogP contribution < -0.4 is 0 Å². The zero-order valence-electron chi connectivity index (χ0n) is 6.08. The number of aliphatic hydroxyl groups is 2. The molecule has 0 aliphatic carbocycles. The quantitative estimate of drug-likeness (QED) is 0.404. The molecule has 4 nitrogen and oxygen atoms in total.